The summed E-state index contributed by atoms with van der Waals surface area (Å²) in [5, 5.41) is 13.1. The average molecular weight is 646 g/mol. The van der Waals surface area contributed by atoms with Gasteiger partial charge in [-0.1, -0.05) is 17.7 Å². The number of hydrogen-bond acceptors (Lipinski definition) is 6. The van der Waals surface area contributed by atoms with Gasteiger partial charge in [0.15, 0.2) is 11.5 Å². The Morgan fingerprint density at radius 3 is 2.34 bits per heavy atom. The normalized spacial score (nSPS) is 24.0. The first kappa shape index (κ1) is 33.6. The molecule has 3 aliphatic rings. The SMILES string of the molecule is COc1ccc([C@@]23CC[C@@H](NC(=O)Nc4ccc(F)c(Cl)c4)C[C@@H]2N(C2CCOCC2)CC3)cc1OC.O=C(O)C(F)(F)F. The molecule has 0 bridgehead atoms. The molecule has 5 rings (SSSR count). The summed E-state index contributed by atoms with van der Waals surface area (Å²) < 4.78 is 62.0. The maximum atomic E-state index is 13.5. The fourth-order valence-electron chi connectivity index (χ4n) is 6.58. The first-order valence-electron chi connectivity index (χ1n) is 14.3. The summed E-state index contributed by atoms with van der Waals surface area (Å²) in [5.74, 6) is -1.80. The van der Waals surface area contributed by atoms with Crippen molar-refractivity contribution in [2.45, 2.75) is 68.2 Å². The zero-order valence-corrected chi connectivity index (χ0v) is 25.1. The Morgan fingerprint density at radius 1 is 1.05 bits per heavy atom. The van der Waals surface area contributed by atoms with Crippen LogP contribution in [0.5, 0.6) is 11.5 Å². The number of carboxylic acid groups (broad SMARTS) is 1. The summed E-state index contributed by atoms with van der Waals surface area (Å²) in [7, 11) is 3.33. The summed E-state index contributed by atoms with van der Waals surface area (Å²) in [4.78, 5) is 24.4. The van der Waals surface area contributed by atoms with Crippen LogP contribution < -0.4 is 20.1 Å². The molecule has 0 spiro atoms. The monoisotopic (exact) mass is 645 g/mol. The molecule has 3 N–H and O–H groups in total. The van der Waals surface area contributed by atoms with Gasteiger partial charge in [-0.05, 0) is 81.0 Å². The van der Waals surface area contributed by atoms with Gasteiger partial charge in [0, 0.05) is 42.4 Å². The Hall–Kier alpha value is -3.29. The van der Waals surface area contributed by atoms with Crippen LogP contribution in [0.25, 0.3) is 0 Å². The van der Waals surface area contributed by atoms with Crippen molar-refractivity contribution in [2.24, 2.45) is 0 Å². The fourth-order valence-corrected chi connectivity index (χ4v) is 6.76. The van der Waals surface area contributed by atoms with E-state index < -0.39 is 18.0 Å². The first-order valence-corrected chi connectivity index (χ1v) is 14.6. The number of ether oxygens (including phenoxy) is 3. The predicted octanol–water partition coefficient (Wildman–Crippen LogP) is 5.99. The van der Waals surface area contributed by atoms with Crippen molar-refractivity contribution in [3.05, 3.63) is 52.8 Å². The smallest absolute Gasteiger partial charge is 0.490 e. The van der Waals surface area contributed by atoms with E-state index in [1.807, 2.05) is 6.07 Å². The second-order valence-corrected chi connectivity index (χ2v) is 11.5. The third-order valence-electron chi connectivity index (χ3n) is 8.67. The van der Waals surface area contributed by atoms with E-state index in [-0.39, 0.29) is 28.6 Å². The van der Waals surface area contributed by atoms with Crippen molar-refractivity contribution in [2.75, 3.05) is 39.3 Å². The number of amides is 2. The number of methoxy groups -OCH3 is 2. The number of benzene rings is 2. The molecule has 1 aliphatic carbocycles. The number of halogens is 5. The van der Waals surface area contributed by atoms with Gasteiger partial charge in [-0.2, -0.15) is 13.2 Å². The van der Waals surface area contributed by atoms with Crippen LogP contribution in [0, 0.1) is 5.82 Å². The number of aliphatic carboxylic acids is 1. The maximum Gasteiger partial charge on any atom is 0.490 e. The number of likely N-dealkylation sites (tertiary alicyclic amines) is 1. The van der Waals surface area contributed by atoms with E-state index >= 15 is 0 Å². The van der Waals surface area contributed by atoms with E-state index in [0.29, 0.717) is 11.7 Å². The molecule has 2 heterocycles. The molecule has 242 valence electrons. The van der Waals surface area contributed by atoms with Crippen molar-refractivity contribution in [1.82, 2.24) is 10.2 Å². The van der Waals surface area contributed by atoms with E-state index in [1.165, 1.54) is 23.8 Å². The number of nitrogens with one attached hydrogen (secondary N) is 2. The number of anilines is 1. The number of hydrogen-bond donors (Lipinski definition) is 3. The molecule has 2 aromatic rings. The molecule has 3 atom stereocenters. The third-order valence-corrected chi connectivity index (χ3v) is 8.96. The number of carbonyl (C=O) groups is 2. The Bertz CT molecular complexity index is 1330. The van der Waals surface area contributed by atoms with E-state index in [4.69, 9.17) is 35.7 Å². The lowest BCUT2D eigenvalue weighted by Crippen LogP contribution is -2.55. The highest BCUT2D eigenvalue weighted by Crippen LogP contribution is 2.51. The second kappa shape index (κ2) is 14.2. The van der Waals surface area contributed by atoms with Gasteiger partial charge in [0.2, 0.25) is 0 Å². The van der Waals surface area contributed by atoms with Crippen LogP contribution >= 0.6 is 11.6 Å². The molecule has 2 amide bonds. The molecular formula is C30H36ClF4N3O6. The van der Waals surface area contributed by atoms with Gasteiger partial charge in [0.05, 0.1) is 19.2 Å². The number of carbonyl (C=O) groups excluding carboxylic acids is 1. The van der Waals surface area contributed by atoms with Crippen LogP contribution in [0.15, 0.2) is 36.4 Å². The molecule has 44 heavy (non-hydrogen) atoms. The van der Waals surface area contributed by atoms with Gasteiger partial charge >= 0.3 is 18.2 Å². The van der Waals surface area contributed by atoms with E-state index in [9.17, 15) is 22.4 Å². The van der Waals surface area contributed by atoms with Crippen LogP contribution in [-0.4, -0.2) is 80.3 Å². The highest BCUT2D eigenvalue weighted by molar-refractivity contribution is 6.31. The number of fused-ring (bicyclic) bond motifs is 1. The Kier molecular flexibility index (Phi) is 10.9. The standard InChI is InChI=1S/C28H35ClFN3O4.C2HF3O2/c1-35-24-6-3-18(15-25(24)36-2)28-10-7-20(32-27(34)31-19-4-5-23(30)22(29)16-19)17-26(28)33(12-11-28)21-8-13-37-14-9-21;3-2(4,5)1(6)7/h3-6,15-16,20-21,26H,7-14,17H2,1-2H3,(H2,31,32,34);(H,6,7)/t20-,26+,28+;/m1./s1. The van der Waals surface area contributed by atoms with Crippen LogP contribution in [0.1, 0.15) is 44.1 Å². The fraction of sp³-hybridized carbons (Fsp3) is 0.533. The second-order valence-electron chi connectivity index (χ2n) is 11.1. The van der Waals surface area contributed by atoms with Gasteiger partial charge in [-0.3, -0.25) is 4.90 Å². The van der Waals surface area contributed by atoms with E-state index in [2.05, 4.69) is 27.7 Å². The molecule has 2 aliphatic heterocycles. The molecule has 9 nitrogen and oxygen atoms in total. The predicted molar refractivity (Wildman–Crippen MR) is 155 cm³/mol. The highest BCUT2D eigenvalue weighted by Gasteiger charge is 2.53. The summed E-state index contributed by atoms with van der Waals surface area (Å²) in [6.07, 6.45) is 0.718. The minimum Gasteiger partial charge on any atom is -0.493 e. The van der Waals surface area contributed by atoms with Gasteiger partial charge in [-0.25, -0.2) is 14.0 Å². The maximum absolute atomic E-state index is 13.5. The molecular weight excluding hydrogens is 610 g/mol. The molecule has 0 radical (unpaired) electrons. The van der Waals surface area contributed by atoms with Crippen LogP contribution in [0.2, 0.25) is 5.02 Å². The Balaban J connectivity index is 0.000000566. The van der Waals surface area contributed by atoms with Gasteiger partial charge in [0.1, 0.15) is 5.82 Å². The average Bonchev–Trinajstić information content (AvgIpc) is 3.39. The zero-order chi connectivity index (χ0) is 32.1. The number of alkyl halides is 3. The number of carboxylic acids is 1. The first-order chi connectivity index (χ1) is 20.9. The minimum absolute atomic E-state index is 0.0169. The number of nitrogens with zero attached hydrogens (tertiary/aromatic N) is 1. The molecule has 0 aromatic heterocycles. The molecule has 14 heteroatoms. The van der Waals surface area contributed by atoms with E-state index in [0.717, 1.165) is 69.8 Å². The van der Waals surface area contributed by atoms with Crippen LogP contribution in [0.4, 0.5) is 28.0 Å². The summed E-state index contributed by atoms with van der Waals surface area (Å²) in [6, 6.07) is 11.0. The summed E-state index contributed by atoms with van der Waals surface area (Å²) in [6.45, 7) is 2.61. The molecule has 1 saturated carbocycles. The van der Waals surface area contributed by atoms with E-state index in [1.54, 1.807) is 14.2 Å². The topological polar surface area (TPSA) is 109 Å². The zero-order valence-electron chi connectivity index (χ0n) is 24.4. The third kappa shape index (κ3) is 7.67. The van der Waals surface area contributed by atoms with Crippen molar-refractivity contribution in [1.29, 1.82) is 0 Å². The Labute approximate surface area is 257 Å². The molecule has 2 saturated heterocycles. The molecule has 2 aromatic carbocycles. The number of urea groups is 1. The minimum atomic E-state index is -5.08. The molecule has 3 fully saturated rings. The largest absolute Gasteiger partial charge is 0.493 e. The van der Waals surface area contributed by atoms with Crippen molar-refractivity contribution in [3.8, 4) is 11.5 Å². The highest BCUT2D eigenvalue weighted by atomic mass is 35.5. The molecule has 0 unspecified atom stereocenters. The van der Waals surface area contributed by atoms with Crippen molar-refractivity contribution >= 4 is 29.3 Å². The van der Waals surface area contributed by atoms with Gasteiger partial charge in [0.25, 0.3) is 0 Å². The van der Waals surface area contributed by atoms with Crippen molar-refractivity contribution < 1.29 is 46.5 Å². The van der Waals surface area contributed by atoms with Crippen molar-refractivity contribution in [3.63, 3.8) is 0 Å². The van der Waals surface area contributed by atoms with Crippen LogP contribution in [0.3, 0.4) is 0 Å². The summed E-state index contributed by atoms with van der Waals surface area (Å²) in [5.41, 5.74) is 1.72. The van der Waals surface area contributed by atoms with Gasteiger partial charge < -0.3 is 30.0 Å². The lowest BCUT2D eigenvalue weighted by Gasteiger charge is -2.47. The Morgan fingerprint density at radius 2 is 1.73 bits per heavy atom. The van der Waals surface area contributed by atoms with Gasteiger partial charge in [-0.15, -0.1) is 0 Å². The number of rotatable bonds is 6. The quantitative estimate of drug-likeness (QED) is 0.331. The summed E-state index contributed by atoms with van der Waals surface area (Å²) >= 11 is 5.88. The van der Waals surface area contributed by atoms with Crippen LogP contribution in [-0.2, 0) is 14.9 Å². The lowest BCUT2D eigenvalue weighted by molar-refractivity contribution is -0.192. The lowest BCUT2D eigenvalue weighted by atomic mass is 9.65.